The van der Waals surface area contributed by atoms with Crippen LogP contribution in [-0.2, 0) is 14.3 Å². The molecule has 0 radical (unpaired) electrons. The molecular formula is C20H21N3O4S. The highest BCUT2D eigenvalue weighted by molar-refractivity contribution is 7.16. The summed E-state index contributed by atoms with van der Waals surface area (Å²) in [6.07, 6.45) is 0.157. The molecule has 2 aromatic rings. The van der Waals surface area contributed by atoms with Crippen LogP contribution < -0.4 is 10.2 Å². The van der Waals surface area contributed by atoms with E-state index in [-0.39, 0.29) is 24.4 Å². The number of esters is 1. The summed E-state index contributed by atoms with van der Waals surface area (Å²) in [5.74, 6) is -1.40. The zero-order valence-corrected chi connectivity index (χ0v) is 16.8. The molecule has 0 spiro atoms. The van der Waals surface area contributed by atoms with E-state index >= 15 is 0 Å². The molecule has 7 nitrogen and oxygen atoms in total. The van der Waals surface area contributed by atoms with Crippen molar-refractivity contribution in [2.45, 2.75) is 27.2 Å². The predicted octanol–water partition coefficient (Wildman–Crippen LogP) is 3.43. The van der Waals surface area contributed by atoms with E-state index < -0.39 is 18.5 Å². The number of anilines is 2. The molecule has 146 valence electrons. The van der Waals surface area contributed by atoms with E-state index in [2.05, 4.69) is 5.32 Å². The molecule has 0 bridgehead atoms. The number of nitrogens with zero attached hydrogens (tertiary/aromatic N) is 2. The van der Waals surface area contributed by atoms with Gasteiger partial charge in [0, 0.05) is 24.0 Å². The second kappa shape index (κ2) is 9.67. The normalized spacial score (nSPS) is 10.1. The van der Waals surface area contributed by atoms with E-state index in [9.17, 15) is 14.4 Å². The maximum absolute atomic E-state index is 12.6. The first kappa shape index (κ1) is 21.1. The Hall–Kier alpha value is -3.18. The molecule has 1 heterocycles. The molecule has 2 rings (SSSR count). The summed E-state index contributed by atoms with van der Waals surface area (Å²) in [7, 11) is 0. The van der Waals surface area contributed by atoms with Crippen molar-refractivity contribution in [1.29, 1.82) is 5.26 Å². The summed E-state index contributed by atoms with van der Waals surface area (Å²) in [5, 5.41) is 11.9. The van der Waals surface area contributed by atoms with Crippen molar-refractivity contribution in [2.24, 2.45) is 0 Å². The third-order valence-corrected chi connectivity index (χ3v) is 5.14. The quantitative estimate of drug-likeness (QED) is 0.719. The number of nitriles is 1. The first-order chi connectivity index (χ1) is 13.3. The molecule has 1 aromatic carbocycles. The lowest BCUT2D eigenvalue weighted by Crippen LogP contribution is -2.35. The molecule has 0 saturated carbocycles. The SMILES string of the molecule is CC(=O)Nc1sc(C)c(C)c1C(=O)OCC(=O)N(CCC#N)c1ccccc1. The van der Waals surface area contributed by atoms with E-state index in [0.29, 0.717) is 16.3 Å². The lowest BCUT2D eigenvalue weighted by Gasteiger charge is -2.21. The van der Waals surface area contributed by atoms with Crippen LogP contribution in [0.4, 0.5) is 10.7 Å². The number of aryl methyl sites for hydroxylation is 1. The van der Waals surface area contributed by atoms with Gasteiger partial charge in [0.15, 0.2) is 6.61 Å². The summed E-state index contributed by atoms with van der Waals surface area (Å²) in [5.41, 5.74) is 1.59. The highest BCUT2D eigenvalue weighted by Crippen LogP contribution is 2.33. The van der Waals surface area contributed by atoms with Crippen LogP contribution in [0.5, 0.6) is 0 Å². The predicted molar refractivity (Wildman–Crippen MR) is 107 cm³/mol. The fraction of sp³-hybridized carbons (Fsp3) is 0.300. The lowest BCUT2D eigenvalue weighted by atomic mass is 10.1. The standard InChI is InChI=1S/C20H21N3O4S/c1-13-14(2)28-19(22-15(3)24)18(13)20(26)27-12-17(25)23(11-7-10-21)16-8-5-4-6-9-16/h4-6,8-9H,7,11-12H2,1-3H3,(H,22,24). The van der Waals surface area contributed by atoms with Gasteiger partial charge in [-0.25, -0.2) is 4.79 Å². The molecule has 8 heteroatoms. The number of ether oxygens (including phenoxy) is 1. The first-order valence-corrected chi connectivity index (χ1v) is 9.43. The molecule has 0 atom stereocenters. The number of nitrogens with one attached hydrogen (secondary N) is 1. The van der Waals surface area contributed by atoms with Gasteiger partial charge in [-0.2, -0.15) is 5.26 Å². The van der Waals surface area contributed by atoms with Gasteiger partial charge in [-0.3, -0.25) is 9.59 Å². The summed E-state index contributed by atoms with van der Waals surface area (Å²) in [4.78, 5) is 38.8. The molecule has 0 saturated heterocycles. The maximum Gasteiger partial charge on any atom is 0.341 e. The number of thiophene rings is 1. The van der Waals surface area contributed by atoms with Crippen LogP contribution in [0.2, 0.25) is 0 Å². The van der Waals surface area contributed by atoms with Crippen LogP contribution >= 0.6 is 11.3 Å². The minimum absolute atomic E-state index is 0.157. The number of para-hydroxylation sites is 1. The Morgan fingerprint density at radius 3 is 2.50 bits per heavy atom. The van der Waals surface area contributed by atoms with E-state index in [4.69, 9.17) is 10.00 Å². The molecule has 28 heavy (non-hydrogen) atoms. The summed E-state index contributed by atoms with van der Waals surface area (Å²) < 4.78 is 5.23. The average molecular weight is 399 g/mol. The Morgan fingerprint density at radius 2 is 1.89 bits per heavy atom. The van der Waals surface area contributed by atoms with E-state index in [1.54, 1.807) is 31.2 Å². The van der Waals surface area contributed by atoms with Crippen LogP contribution in [0.3, 0.4) is 0 Å². The average Bonchev–Trinajstić information content (AvgIpc) is 2.93. The number of carbonyl (C=O) groups is 3. The number of benzene rings is 1. The van der Waals surface area contributed by atoms with E-state index in [1.807, 2.05) is 19.1 Å². The number of hydrogen-bond acceptors (Lipinski definition) is 6. The van der Waals surface area contributed by atoms with Gasteiger partial charge in [-0.15, -0.1) is 11.3 Å². The van der Waals surface area contributed by atoms with Gasteiger partial charge in [0.1, 0.15) is 5.00 Å². The van der Waals surface area contributed by atoms with E-state index in [1.165, 1.54) is 23.2 Å². The van der Waals surface area contributed by atoms with Crippen molar-refractivity contribution in [1.82, 2.24) is 0 Å². The van der Waals surface area contributed by atoms with Crippen LogP contribution in [0.1, 0.15) is 34.1 Å². The van der Waals surface area contributed by atoms with Crippen molar-refractivity contribution in [3.63, 3.8) is 0 Å². The summed E-state index contributed by atoms with van der Waals surface area (Å²) in [6, 6.07) is 10.9. The number of carbonyl (C=O) groups excluding carboxylic acids is 3. The molecule has 1 aromatic heterocycles. The van der Waals surface area contributed by atoms with Gasteiger partial charge in [0.25, 0.3) is 5.91 Å². The van der Waals surface area contributed by atoms with Crippen molar-refractivity contribution in [2.75, 3.05) is 23.4 Å². The monoisotopic (exact) mass is 399 g/mol. The van der Waals surface area contributed by atoms with Crippen LogP contribution in [0.25, 0.3) is 0 Å². The van der Waals surface area contributed by atoms with Crippen LogP contribution in [0, 0.1) is 25.2 Å². The highest BCUT2D eigenvalue weighted by Gasteiger charge is 2.24. The molecule has 0 aliphatic heterocycles. The molecule has 2 amide bonds. The van der Waals surface area contributed by atoms with Crippen molar-refractivity contribution >= 4 is 39.8 Å². The maximum atomic E-state index is 12.6. The van der Waals surface area contributed by atoms with Crippen LogP contribution in [-0.4, -0.2) is 30.9 Å². The smallest absolute Gasteiger partial charge is 0.341 e. The van der Waals surface area contributed by atoms with E-state index in [0.717, 1.165) is 4.88 Å². The molecule has 0 unspecified atom stereocenters. The summed E-state index contributed by atoms with van der Waals surface area (Å²) >= 11 is 1.28. The number of amides is 2. The van der Waals surface area contributed by atoms with Gasteiger partial charge in [-0.1, -0.05) is 18.2 Å². The van der Waals surface area contributed by atoms with Gasteiger partial charge in [0.05, 0.1) is 18.1 Å². The van der Waals surface area contributed by atoms with Crippen molar-refractivity contribution in [3.05, 3.63) is 46.3 Å². The van der Waals surface area contributed by atoms with Gasteiger partial charge in [0.2, 0.25) is 5.91 Å². The fourth-order valence-electron chi connectivity index (χ4n) is 2.57. The molecular weight excluding hydrogens is 378 g/mol. The fourth-order valence-corrected chi connectivity index (χ4v) is 3.66. The summed E-state index contributed by atoms with van der Waals surface area (Å²) in [6.45, 7) is 4.69. The molecule has 1 N–H and O–H groups in total. The Kier molecular flexibility index (Phi) is 7.29. The minimum atomic E-state index is -0.674. The minimum Gasteiger partial charge on any atom is -0.452 e. The third kappa shape index (κ3) is 5.18. The second-order valence-corrected chi connectivity index (χ2v) is 7.26. The number of rotatable bonds is 7. The second-order valence-electron chi connectivity index (χ2n) is 6.03. The van der Waals surface area contributed by atoms with Crippen molar-refractivity contribution < 1.29 is 19.1 Å². The molecule has 0 fully saturated rings. The van der Waals surface area contributed by atoms with Gasteiger partial charge < -0.3 is 15.0 Å². The largest absolute Gasteiger partial charge is 0.452 e. The lowest BCUT2D eigenvalue weighted by molar-refractivity contribution is -0.121. The Labute approximate surface area is 167 Å². The highest BCUT2D eigenvalue weighted by atomic mass is 32.1. The zero-order chi connectivity index (χ0) is 20.7. The number of hydrogen-bond donors (Lipinski definition) is 1. The van der Waals surface area contributed by atoms with Gasteiger partial charge in [-0.05, 0) is 31.5 Å². The van der Waals surface area contributed by atoms with Crippen molar-refractivity contribution in [3.8, 4) is 6.07 Å². The molecule has 0 aliphatic carbocycles. The topological polar surface area (TPSA) is 99.5 Å². The molecule has 0 aliphatic rings. The first-order valence-electron chi connectivity index (χ1n) is 8.62. The Balaban J connectivity index is 2.14. The Morgan fingerprint density at radius 1 is 1.21 bits per heavy atom. The Bertz CT molecular complexity index is 916. The van der Waals surface area contributed by atoms with Crippen LogP contribution in [0.15, 0.2) is 30.3 Å². The van der Waals surface area contributed by atoms with Gasteiger partial charge >= 0.3 is 5.97 Å². The zero-order valence-electron chi connectivity index (χ0n) is 15.9. The third-order valence-electron chi connectivity index (χ3n) is 4.02.